The molecule has 0 bridgehead atoms. The fourth-order valence-corrected chi connectivity index (χ4v) is 4.17. The molecule has 2 aromatic rings. The molecule has 5 rings (SSSR count). The minimum Gasteiger partial charge on any atom is -0.400 e. The molecule has 3 heterocycles. The molecule has 46 heavy (non-hydrogen) atoms. The number of ether oxygens (including phenoxy) is 2. The summed E-state index contributed by atoms with van der Waals surface area (Å²) in [6.07, 6.45) is 19.3. The largest absolute Gasteiger partial charge is 0.486 e. The molecule has 2 aromatic carbocycles. The highest BCUT2D eigenvalue weighted by molar-refractivity contribution is 14.1. The van der Waals surface area contributed by atoms with Crippen molar-refractivity contribution in [2.45, 2.75) is 85.4 Å². The zero-order chi connectivity index (χ0) is 34.5. The molecule has 0 aromatic heterocycles. The van der Waals surface area contributed by atoms with Gasteiger partial charge in [-0.25, -0.2) is 0 Å². The number of benzene rings is 2. The van der Waals surface area contributed by atoms with Crippen LogP contribution in [0.1, 0.15) is 79.7 Å². The number of hydrogen-bond donors (Lipinski definition) is 0. The summed E-state index contributed by atoms with van der Waals surface area (Å²) in [5.41, 5.74) is 0.802. The lowest BCUT2D eigenvalue weighted by Crippen LogP contribution is -2.41. The molecular formula is C40H60BIO4. The van der Waals surface area contributed by atoms with Crippen molar-refractivity contribution in [2.24, 2.45) is 5.92 Å². The molecule has 0 N–H and O–H groups in total. The zero-order valence-electron chi connectivity index (χ0n) is 29.6. The predicted molar refractivity (Wildman–Crippen MR) is 210 cm³/mol. The third kappa shape index (κ3) is 23.1. The van der Waals surface area contributed by atoms with Crippen molar-refractivity contribution in [3.05, 3.63) is 125 Å². The fourth-order valence-electron chi connectivity index (χ4n) is 3.75. The topological polar surface area (TPSA) is 36.9 Å². The summed E-state index contributed by atoms with van der Waals surface area (Å²) in [4.78, 5) is 0. The number of halogens is 1. The first-order valence-electron chi connectivity index (χ1n) is 16.5. The van der Waals surface area contributed by atoms with Crippen molar-refractivity contribution in [1.29, 1.82) is 0 Å². The van der Waals surface area contributed by atoms with E-state index in [1.807, 2.05) is 78.0 Å². The Balaban J connectivity index is 0.000000553. The van der Waals surface area contributed by atoms with E-state index < -0.39 is 0 Å². The molecule has 254 valence electrons. The monoisotopic (exact) mass is 742 g/mol. The highest BCUT2D eigenvalue weighted by atomic mass is 127. The van der Waals surface area contributed by atoms with Crippen molar-refractivity contribution in [2.75, 3.05) is 26.4 Å². The minimum atomic E-state index is -0.250. The molecule has 0 spiro atoms. The van der Waals surface area contributed by atoms with Gasteiger partial charge in [0.05, 0.1) is 11.2 Å². The molecule has 0 saturated carbocycles. The van der Waals surface area contributed by atoms with Crippen LogP contribution < -0.4 is 0 Å². The first-order valence-corrected chi connectivity index (χ1v) is 17.5. The molecule has 0 radical (unpaired) electrons. The molecule has 1 atom stereocenters. The summed E-state index contributed by atoms with van der Waals surface area (Å²) < 4.78 is 22.3. The molecule has 6 heteroatoms. The van der Waals surface area contributed by atoms with Gasteiger partial charge in [0.25, 0.3) is 0 Å². The molecule has 0 amide bonds. The molecule has 3 aliphatic heterocycles. The molecule has 3 saturated heterocycles. The molecule has 4 nitrogen and oxygen atoms in total. The third-order valence-electron chi connectivity index (χ3n) is 7.07. The van der Waals surface area contributed by atoms with Gasteiger partial charge in [0.15, 0.2) is 0 Å². The molecule has 0 aliphatic carbocycles. The second kappa shape index (κ2) is 27.8. The Kier molecular flexibility index (Phi) is 26.5. The Labute approximate surface area is 296 Å². The van der Waals surface area contributed by atoms with Gasteiger partial charge in [0, 0.05) is 30.0 Å². The lowest BCUT2D eigenvalue weighted by Gasteiger charge is -2.32. The van der Waals surface area contributed by atoms with E-state index in [-0.39, 0.29) is 18.3 Å². The maximum atomic E-state index is 5.57. The van der Waals surface area contributed by atoms with Gasteiger partial charge in [-0.2, -0.15) is 0 Å². The van der Waals surface area contributed by atoms with Gasteiger partial charge in [0.2, 0.25) is 0 Å². The second-order valence-corrected chi connectivity index (χ2v) is 13.0. The predicted octanol–water partition coefficient (Wildman–Crippen LogP) is 11.3. The molecule has 3 aliphatic rings. The van der Waals surface area contributed by atoms with Crippen LogP contribution in [0.4, 0.5) is 0 Å². The van der Waals surface area contributed by atoms with E-state index in [0.29, 0.717) is 5.92 Å². The van der Waals surface area contributed by atoms with Crippen LogP contribution in [-0.2, 0) is 18.8 Å². The van der Waals surface area contributed by atoms with Crippen molar-refractivity contribution < 1.29 is 18.8 Å². The van der Waals surface area contributed by atoms with Gasteiger partial charge in [0.1, 0.15) is 0 Å². The van der Waals surface area contributed by atoms with E-state index in [9.17, 15) is 0 Å². The van der Waals surface area contributed by atoms with E-state index in [0.717, 1.165) is 26.4 Å². The Morgan fingerprint density at radius 3 is 1.43 bits per heavy atom. The summed E-state index contributed by atoms with van der Waals surface area (Å²) in [7, 11) is -0.250. The van der Waals surface area contributed by atoms with Crippen LogP contribution in [0.5, 0.6) is 0 Å². The van der Waals surface area contributed by atoms with Crippen LogP contribution in [0.2, 0.25) is 0 Å². The summed E-state index contributed by atoms with van der Waals surface area (Å²) in [5, 5.41) is 0. The van der Waals surface area contributed by atoms with Gasteiger partial charge in [-0.3, -0.25) is 0 Å². The highest BCUT2D eigenvalue weighted by Crippen LogP contribution is 2.36. The average molecular weight is 743 g/mol. The van der Waals surface area contributed by atoms with Crippen LogP contribution in [0.15, 0.2) is 116 Å². The lowest BCUT2D eigenvalue weighted by molar-refractivity contribution is 0.00578. The molecule has 3 fully saturated rings. The van der Waals surface area contributed by atoms with Gasteiger partial charge in [-0.15, -0.1) is 6.58 Å². The van der Waals surface area contributed by atoms with Crippen LogP contribution in [0.3, 0.4) is 0 Å². The van der Waals surface area contributed by atoms with Crippen LogP contribution >= 0.6 is 22.6 Å². The highest BCUT2D eigenvalue weighted by Gasteiger charge is 2.49. The summed E-state index contributed by atoms with van der Waals surface area (Å²) >= 11 is 2.28. The quantitative estimate of drug-likeness (QED) is 0.132. The first kappa shape index (κ1) is 43.8. The number of rotatable bonds is 5. The standard InChI is InChI=1S/C13H16.C8H15BO2.C6H5I.C5H8.2C4H8O/c1-3-7-12(2)10-11-13-8-5-4-6-9-13;1-6-9-10-7(2,3)8(4,5)11-9;7-6-4-2-1-3-5-6;1-3-5-4-2;2*1-2-4-5-3-1/h3-12H,1-2H3;6H,1H2,2-5H3;1-5H;3-5H,1H2,2H3;2*1-4H2/b7-3-,11-10+;;;5-4+;;. The fraction of sp³-hybridized carbons (Fsp3) is 0.450. The van der Waals surface area contributed by atoms with Crippen molar-refractivity contribution in [3.8, 4) is 0 Å². The maximum absolute atomic E-state index is 5.57. The number of allylic oxidation sites excluding steroid dienone is 6. The second-order valence-electron chi connectivity index (χ2n) is 11.7. The van der Waals surface area contributed by atoms with Crippen molar-refractivity contribution in [1.82, 2.24) is 0 Å². The van der Waals surface area contributed by atoms with Gasteiger partial charge < -0.3 is 18.8 Å². The smallest absolute Gasteiger partial charge is 0.400 e. The summed E-state index contributed by atoms with van der Waals surface area (Å²) in [6.45, 7) is 25.4. The Morgan fingerprint density at radius 2 is 1.17 bits per heavy atom. The van der Waals surface area contributed by atoms with E-state index in [1.165, 1.54) is 34.8 Å². The van der Waals surface area contributed by atoms with Crippen LogP contribution in [-0.4, -0.2) is 44.7 Å². The zero-order valence-corrected chi connectivity index (χ0v) is 31.8. The molecule has 1 unspecified atom stereocenters. The summed E-state index contributed by atoms with van der Waals surface area (Å²) in [5.74, 6) is 2.20. The van der Waals surface area contributed by atoms with Gasteiger partial charge in [-0.05, 0) is 113 Å². The van der Waals surface area contributed by atoms with Crippen LogP contribution in [0, 0.1) is 9.49 Å². The third-order valence-corrected chi connectivity index (χ3v) is 7.79. The van der Waals surface area contributed by atoms with Crippen molar-refractivity contribution in [3.63, 3.8) is 0 Å². The normalized spacial score (nSPS) is 18.0. The van der Waals surface area contributed by atoms with Gasteiger partial charge >= 0.3 is 7.12 Å². The van der Waals surface area contributed by atoms with E-state index in [2.05, 4.69) is 103 Å². The Bertz CT molecular complexity index is 1050. The maximum Gasteiger partial charge on any atom is 0.486 e. The van der Waals surface area contributed by atoms with E-state index >= 15 is 0 Å². The van der Waals surface area contributed by atoms with E-state index in [4.69, 9.17) is 18.8 Å². The Morgan fingerprint density at radius 1 is 0.717 bits per heavy atom. The van der Waals surface area contributed by atoms with E-state index in [1.54, 1.807) is 12.1 Å². The first-order chi connectivity index (χ1) is 22.0. The van der Waals surface area contributed by atoms with Gasteiger partial charge in [-0.1, -0.05) is 111 Å². The Hall–Kier alpha value is -2.23. The minimum absolute atomic E-state index is 0.230. The van der Waals surface area contributed by atoms with Crippen LogP contribution in [0.25, 0.3) is 6.08 Å². The van der Waals surface area contributed by atoms with Crippen molar-refractivity contribution >= 4 is 35.8 Å². The lowest BCUT2D eigenvalue weighted by atomic mass is 9.90. The number of hydrogen-bond acceptors (Lipinski definition) is 4. The average Bonchev–Trinajstić information content (AvgIpc) is 3.85. The summed E-state index contributed by atoms with van der Waals surface area (Å²) in [6, 6.07) is 20.6. The SMILES string of the molecule is C/C=C\C(C)/C=C/c1ccccc1.C1CCOC1.C1CCOC1.C=C/C=C/C.C=CB1OC(C)(C)C(C)(C)O1.Ic1ccccc1. The molecular weight excluding hydrogens is 682 g/mol.